The number of nitrogens with one attached hydrogen (secondary N) is 2. The van der Waals surface area contributed by atoms with E-state index in [1.807, 2.05) is 0 Å². The third kappa shape index (κ3) is 2.67. The van der Waals surface area contributed by atoms with Gasteiger partial charge >= 0.3 is 11.8 Å². The zero-order valence-corrected chi connectivity index (χ0v) is 11.0. The molecule has 0 aliphatic heterocycles. The number of carbonyl (C=O) groups excluding carboxylic acids is 1. The normalized spacial score (nSPS) is 10.2. The molecule has 0 unspecified atom stereocenters. The van der Waals surface area contributed by atoms with Crippen LogP contribution in [0.3, 0.4) is 0 Å². The van der Waals surface area contributed by atoms with Gasteiger partial charge in [0.05, 0.1) is 5.56 Å². The zero-order chi connectivity index (χ0) is 14.9. The van der Waals surface area contributed by atoms with Gasteiger partial charge in [-0.2, -0.15) is 0 Å². The highest BCUT2D eigenvalue weighted by Gasteiger charge is 2.20. The number of hydrogen-bond donors (Lipinski definition) is 3. The van der Waals surface area contributed by atoms with Crippen molar-refractivity contribution in [2.75, 3.05) is 5.32 Å². The fraction of sp³-hybridized carbons (Fsp3) is 0.0909. The van der Waals surface area contributed by atoms with Crippen LogP contribution in [0.2, 0.25) is 0 Å². The Bertz CT molecular complexity index is 703. The summed E-state index contributed by atoms with van der Waals surface area (Å²) in [5.74, 6) is -2.10. The Morgan fingerprint density at radius 3 is 2.70 bits per heavy atom. The molecule has 0 aliphatic rings. The molecule has 0 bridgehead atoms. The number of rotatable bonds is 4. The predicted octanol–water partition coefficient (Wildman–Crippen LogP) is 2.24. The molecule has 2 aromatic heterocycles. The first-order chi connectivity index (χ1) is 9.38. The van der Waals surface area contributed by atoms with E-state index in [1.165, 1.54) is 12.1 Å². The first kappa shape index (κ1) is 13.7. The number of carboxylic acids is 1. The summed E-state index contributed by atoms with van der Waals surface area (Å²) in [6.07, 6.45) is 0. The molecule has 0 saturated heterocycles. The molecule has 0 radical (unpaired) electrons. The Morgan fingerprint density at radius 1 is 1.45 bits per heavy atom. The number of thiophene rings is 1. The molecule has 8 nitrogen and oxygen atoms in total. The van der Waals surface area contributed by atoms with Crippen LogP contribution in [0.4, 0.5) is 10.8 Å². The van der Waals surface area contributed by atoms with E-state index in [4.69, 9.17) is 5.11 Å². The number of H-pyrrole nitrogens is 1. The van der Waals surface area contributed by atoms with Crippen LogP contribution in [-0.2, 0) is 0 Å². The minimum atomic E-state index is -1.15. The van der Waals surface area contributed by atoms with Crippen LogP contribution >= 0.6 is 11.3 Å². The van der Waals surface area contributed by atoms with Gasteiger partial charge in [-0.25, -0.2) is 9.78 Å². The van der Waals surface area contributed by atoms with E-state index in [9.17, 15) is 19.7 Å². The molecule has 0 aliphatic carbocycles. The van der Waals surface area contributed by atoms with Crippen molar-refractivity contribution in [3.63, 3.8) is 0 Å². The van der Waals surface area contributed by atoms with Crippen LogP contribution in [0.25, 0.3) is 0 Å². The molecular formula is C11H9N3O5S. The largest absolute Gasteiger partial charge is 0.478 e. The summed E-state index contributed by atoms with van der Waals surface area (Å²) in [6.45, 7) is 1.71. The molecule has 104 valence electrons. The number of carboxylic acid groups (broad SMARTS) is 1. The van der Waals surface area contributed by atoms with Crippen molar-refractivity contribution in [3.8, 4) is 0 Å². The highest BCUT2D eigenvalue weighted by atomic mass is 32.1. The van der Waals surface area contributed by atoms with Crippen molar-refractivity contribution in [1.29, 1.82) is 0 Å². The quantitative estimate of drug-likeness (QED) is 0.589. The van der Waals surface area contributed by atoms with Gasteiger partial charge in [-0.15, -0.1) is 11.3 Å². The smallest absolute Gasteiger partial charge is 0.338 e. The van der Waals surface area contributed by atoms with Crippen LogP contribution in [-0.4, -0.2) is 26.9 Å². The summed E-state index contributed by atoms with van der Waals surface area (Å²) in [7, 11) is 0. The van der Waals surface area contributed by atoms with Crippen molar-refractivity contribution in [3.05, 3.63) is 44.4 Å². The number of aromatic carboxylic acids is 1. The summed E-state index contributed by atoms with van der Waals surface area (Å²) >= 11 is 1.12. The Hall–Kier alpha value is -2.68. The Labute approximate surface area is 116 Å². The van der Waals surface area contributed by atoms with E-state index in [-0.39, 0.29) is 22.1 Å². The molecule has 0 saturated carbocycles. The number of anilines is 1. The lowest BCUT2D eigenvalue weighted by Crippen LogP contribution is -2.13. The third-order valence-corrected chi connectivity index (χ3v) is 3.39. The Balaban J connectivity index is 2.23. The van der Waals surface area contributed by atoms with E-state index in [2.05, 4.69) is 10.3 Å². The number of amides is 1. The second-order valence-corrected chi connectivity index (χ2v) is 5.13. The monoisotopic (exact) mass is 295 g/mol. The first-order valence-corrected chi connectivity index (χ1v) is 6.18. The molecule has 0 fully saturated rings. The number of nitrogens with zero attached hydrogens (tertiary/aromatic N) is 1. The molecule has 20 heavy (non-hydrogen) atoms. The highest BCUT2D eigenvalue weighted by molar-refractivity contribution is 7.16. The summed E-state index contributed by atoms with van der Waals surface area (Å²) < 4.78 is 0. The fourth-order valence-electron chi connectivity index (χ4n) is 1.56. The van der Waals surface area contributed by atoms with Gasteiger partial charge in [-0.05, 0) is 24.0 Å². The van der Waals surface area contributed by atoms with E-state index in [0.29, 0.717) is 0 Å². The number of nitro groups is 1. The minimum Gasteiger partial charge on any atom is -0.478 e. The van der Waals surface area contributed by atoms with Crippen LogP contribution in [0, 0.1) is 17.0 Å². The van der Waals surface area contributed by atoms with E-state index in [1.54, 1.807) is 6.92 Å². The van der Waals surface area contributed by atoms with Crippen LogP contribution in [0.1, 0.15) is 25.7 Å². The molecule has 2 rings (SSSR count). The highest BCUT2D eigenvalue weighted by Crippen LogP contribution is 2.28. The lowest BCUT2D eigenvalue weighted by Gasteiger charge is -2.00. The van der Waals surface area contributed by atoms with Gasteiger partial charge in [0.1, 0.15) is 5.00 Å². The zero-order valence-electron chi connectivity index (χ0n) is 10.2. The van der Waals surface area contributed by atoms with Crippen molar-refractivity contribution < 1.29 is 19.6 Å². The van der Waals surface area contributed by atoms with Gasteiger partial charge in [-0.1, -0.05) is 0 Å². The van der Waals surface area contributed by atoms with E-state index < -0.39 is 16.8 Å². The van der Waals surface area contributed by atoms with Crippen molar-refractivity contribution in [1.82, 2.24) is 4.98 Å². The fourth-order valence-corrected chi connectivity index (χ4v) is 2.46. The molecule has 3 N–H and O–H groups in total. The molecule has 2 heterocycles. The first-order valence-electron chi connectivity index (χ1n) is 5.37. The molecule has 2 aromatic rings. The second kappa shape index (κ2) is 5.13. The van der Waals surface area contributed by atoms with Crippen LogP contribution in [0.5, 0.6) is 0 Å². The standard InChI is InChI=1S/C11H9N3O5S/c1-5-4-6(11(16)17)10(20-5)13-9(15)7-2-3-8(12-7)14(18)19/h2-4,12H,1H3,(H,13,15)(H,16,17). The maximum Gasteiger partial charge on any atom is 0.338 e. The average Bonchev–Trinajstić information content (AvgIpc) is 2.95. The summed E-state index contributed by atoms with van der Waals surface area (Å²) in [5, 5.41) is 22.1. The summed E-state index contributed by atoms with van der Waals surface area (Å²) in [6, 6.07) is 3.86. The van der Waals surface area contributed by atoms with Gasteiger partial charge in [0, 0.05) is 10.9 Å². The maximum absolute atomic E-state index is 11.9. The number of aromatic nitrogens is 1. The van der Waals surface area contributed by atoms with Gasteiger partial charge < -0.3 is 20.5 Å². The minimum absolute atomic E-state index is 0.0121. The number of hydrogen-bond acceptors (Lipinski definition) is 5. The van der Waals surface area contributed by atoms with Crippen LogP contribution < -0.4 is 5.32 Å². The van der Waals surface area contributed by atoms with Crippen molar-refractivity contribution in [2.45, 2.75) is 6.92 Å². The number of aryl methyl sites for hydroxylation is 1. The predicted molar refractivity (Wildman–Crippen MR) is 71.4 cm³/mol. The molecule has 1 amide bonds. The van der Waals surface area contributed by atoms with Gasteiger partial charge in [0.25, 0.3) is 5.91 Å². The lowest BCUT2D eigenvalue weighted by molar-refractivity contribution is -0.389. The third-order valence-electron chi connectivity index (χ3n) is 2.42. The number of carbonyl (C=O) groups is 2. The lowest BCUT2D eigenvalue weighted by atomic mass is 10.3. The average molecular weight is 295 g/mol. The molecule has 9 heteroatoms. The van der Waals surface area contributed by atoms with Gasteiger partial charge in [-0.3, -0.25) is 4.79 Å². The van der Waals surface area contributed by atoms with Gasteiger partial charge in [0.15, 0.2) is 5.69 Å². The maximum atomic E-state index is 11.9. The van der Waals surface area contributed by atoms with Crippen molar-refractivity contribution >= 4 is 34.0 Å². The SMILES string of the molecule is Cc1cc(C(=O)O)c(NC(=O)c2ccc([N+](=O)[O-])[nH]2)s1. The molecular weight excluding hydrogens is 286 g/mol. The van der Waals surface area contributed by atoms with Gasteiger partial charge in [0.2, 0.25) is 0 Å². The second-order valence-electron chi connectivity index (χ2n) is 3.87. The summed E-state index contributed by atoms with van der Waals surface area (Å²) in [4.78, 5) is 35.8. The molecule has 0 atom stereocenters. The topological polar surface area (TPSA) is 125 Å². The van der Waals surface area contributed by atoms with Crippen LogP contribution in [0.15, 0.2) is 18.2 Å². The Morgan fingerprint density at radius 2 is 2.15 bits per heavy atom. The molecule has 0 spiro atoms. The number of aromatic amines is 1. The molecule has 0 aromatic carbocycles. The van der Waals surface area contributed by atoms with Crippen molar-refractivity contribution in [2.24, 2.45) is 0 Å². The van der Waals surface area contributed by atoms with E-state index >= 15 is 0 Å². The van der Waals surface area contributed by atoms with E-state index in [0.717, 1.165) is 22.3 Å². The Kier molecular flexibility index (Phi) is 3.53. The summed E-state index contributed by atoms with van der Waals surface area (Å²) in [5.41, 5.74) is -0.0269.